The first-order valence-electron chi connectivity index (χ1n) is 4.46. The Kier molecular flexibility index (Phi) is 3.93. The second-order valence-electron chi connectivity index (χ2n) is 3.99. The molecular formula is C9H11Cl2N3O2. The van der Waals surface area contributed by atoms with Crippen LogP contribution in [0.5, 0.6) is 0 Å². The van der Waals surface area contributed by atoms with E-state index in [9.17, 15) is 4.79 Å². The van der Waals surface area contributed by atoms with E-state index < -0.39 is 11.7 Å². The van der Waals surface area contributed by atoms with Crippen LogP contribution >= 0.6 is 23.2 Å². The second kappa shape index (κ2) is 4.84. The number of rotatable bonds is 1. The highest BCUT2D eigenvalue weighted by Gasteiger charge is 2.17. The highest BCUT2D eigenvalue weighted by molar-refractivity contribution is 6.43. The van der Waals surface area contributed by atoms with Crippen LogP contribution < -0.4 is 5.32 Å². The number of halogens is 2. The van der Waals surface area contributed by atoms with E-state index in [4.69, 9.17) is 27.9 Å². The van der Waals surface area contributed by atoms with Crippen molar-refractivity contribution in [2.45, 2.75) is 26.4 Å². The van der Waals surface area contributed by atoms with Crippen LogP contribution in [0, 0.1) is 0 Å². The zero-order chi connectivity index (χ0) is 12.3. The minimum absolute atomic E-state index is 0.0234. The standard InChI is InChI=1S/C9H11Cl2N3O2/c1-9(2,3)16-8(15)13-5-4-12-14-7(11)6(5)10/h4H,1-3H3,(H,13,14,15). The van der Waals surface area contributed by atoms with Crippen LogP contribution in [0.3, 0.4) is 0 Å². The van der Waals surface area contributed by atoms with E-state index in [0.29, 0.717) is 0 Å². The predicted octanol–water partition coefficient (Wildman–Crippen LogP) is 3.13. The van der Waals surface area contributed by atoms with Gasteiger partial charge in [0.05, 0.1) is 11.9 Å². The topological polar surface area (TPSA) is 64.1 Å². The summed E-state index contributed by atoms with van der Waals surface area (Å²) in [6.45, 7) is 5.27. The Balaban J connectivity index is 2.74. The van der Waals surface area contributed by atoms with E-state index in [1.54, 1.807) is 20.8 Å². The monoisotopic (exact) mass is 263 g/mol. The van der Waals surface area contributed by atoms with Crippen molar-refractivity contribution in [2.75, 3.05) is 5.32 Å². The Morgan fingerprint density at radius 1 is 1.44 bits per heavy atom. The Morgan fingerprint density at radius 3 is 2.62 bits per heavy atom. The maximum absolute atomic E-state index is 11.4. The van der Waals surface area contributed by atoms with Gasteiger partial charge in [0.15, 0.2) is 5.15 Å². The lowest BCUT2D eigenvalue weighted by Gasteiger charge is -2.19. The molecule has 1 rings (SSSR count). The van der Waals surface area contributed by atoms with Crippen LogP contribution in [-0.2, 0) is 4.74 Å². The van der Waals surface area contributed by atoms with Gasteiger partial charge in [-0.3, -0.25) is 5.32 Å². The first-order valence-corrected chi connectivity index (χ1v) is 5.22. The number of nitrogens with one attached hydrogen (secondary N) is 1. The molecule has 1 N–H and O–H groups in total. The highest BCUT2D eigenvalue weighted by atomic mass is 35.5. The lowest BCUT2D eigenvalue weighted by molar-refractivity contribution is 0.0636. The number of carbonyl (C=O) groups is 1. The van der Waals surface area contributed by atoms with E-state index in [1.807, 2.05) is 0 Å². The first-order chi connectivity index (χ1) is 7.29. The summed E-state index contributed by atoms with van der Waals surface area (Å²) in [5, 5.41) is 9.65. The molecule has 1 aromatic heterocycles. The molecule has 0 fully saturated rings. The molecule has 1 heterocycles. The first kappa shape index (κ1) is 13.0. The maximum Gasteiger partial charge on any atom is 0.412 e. The molecule has 0 aliphatic carbocycles. The third kappa shape index (κ3) is 3.83. The van der Waals surface area contributed by atoms with Crippen molar-refractivity contribution in [3.05, 3.63) is 16.4 Å². The van der Waals surface area contributed by atoms with Crippen LogP contribution in [0.4, 0.5) is 10.5 Å². The molecule has 0 spiro atoms. The largest absolute Gasteiger partial charge is 0.444 e. The Hall–Kier alpha value is -1.07. The summed E-state index contributed by atoms with van der Waals surface area (Å²) in [6.07, 6.45) is 0.663. The molecule has 16 heavy (non-hydrogen) atoms. The van der Waals surface area contributed by atoms with Crippen LogP contribution in [0.1, 0.15) is 20.8 Å². The Labute approximate surface area is 103 Å². The highest BCUT2D eigenvalue weighted by Crippen LogP contribution is 2.26. The van der Waals surface area contributed by atoms with Crippen LogP contribution in [-0.4, -0.2) is 21.9 Å². The molecule has 0 saturated carbocycles. The third-order valence-electron chi connectivity index (χ3n) is 1.39. The summed E-state index contributed by atoms with van der Waals surface area (Å²) in [7, 11) is 0. The summed E-state index contributed by atoms with van der Waals surface area (Å²) in [5.41, 5.74) is -0.322. The zero-order valence-corrected chi connectivity index (χ0v) is 10.6. The molecule has 1 aromatic rings. The fourth-order valence-corrected chi connectivity index (χ4v) is 1.13. The SMILES string of the molecule is CC(C)(C)OC(=O)Nc1cnnc(Cl)c1Cl. The zero-order valence-electron chi connectivity index (χ0n) is 9.04. The van der Waals surface area contributed by atoms with Crippen molar-refractivity contribution >= 4 is 35.0 Å². The van der Waals surface area contributed by atoms with E-state index in [0.717, 1.165) is 0 Å². The Morgan fingerprint density at radius 2 is 2.06 bits per heavy atom. The van der Waals surface area contributed by atoms with Gasteiger partial charge >= 0.3 is 6.09 Å². The van der Waals surface area contributed by atoms with E-state index in [2.05, 4.69) is 15.5 Å². The van der Waals surface area contributed by atoms with E-state index >= 15 is 0 Å². The van der Waals surface area contributed by atoms with Gasteiger partial charge in [-0.15, -0.1) is 5.10 Å². The summed E-state index contributed by atoms with van der Waals surface area (Å²) in [6, 6.07) is 0. The minimum Gasteiger partial charge on any atom is -0.444 e. The molecule has 0 aliphatic heterocycles. The molecule has 7 heteroatoms. The van der Waals surface area contributed by atoms with Gasteiger partial charge in [0, 0.05) is 0 Å². The summed E-state index contributed by atoms with van der Waals surface area (Å²) < 4.78 is 5.04. The lowest BCUT2D eigenvalue weighted by Crippen LogP contribution is -2.27. The van der Waals surface area contributed by atoms with Gasteiger partial charge in [0.1, 0.15) is 10.6 Å². The normalized spacial score (nSPS) is 11.1. The number of carbonyl (C=O) groups excluding carboxylic acids is 1. The number of hydrogen-bond acceptors (Lipinski definition) is 4. The van der Waals surface area contributed by atoms with Gasteiger partial charge in [-0.05, 0) is 20.8 Å². The molecule has 0 atom stereocenters. The molecule has 88 valence electrons. The lowest BCUT2D eigenvalue weighted by atomic mass is 10.2. The molecule has 0 radical (unpaired) electrons. The van der Waals surface area contributed by atoms with Crippen molar-refractivity contribution in [1.82, 2.24) is 10.2 Å². The number of aromatic nitrogens is 2. The maximum atomic E-state index is 11.4. The fourth-order valence-electron chi connectivity index (χ4n) is 0.850. The number of anilines is 1. The number of amides is 1. The van der Waals surface area contributed by atoms with Crippen molar-refractivity contribution in [3.8, 4) is 0 Å². The van der Waals surface area contributed by atoms with Crippen LogP contribution in [0.25, 0.3) is 0 Å². The minimum atomic E-state index is -0.626. The van der Waals surface area contributed by atoms with Gasteiger partial charge in [0.25, 0.3) is 0 Å². The predicted molar refractivity (Wildman–Crippen MR) is 61.9 cm³/mol. The van der Waals surface area contributed by atoms with Crippen LogP contribution in [0.2, 0.25) is 10.2 Å². The number of hydrogen-bond donors (Lipinski definition) is 1. The van der Waals surface area contributed by atoms with Gasteiger partial charge in [-0.25, -0.2) is 4.79 Å². The smallest absolute Gasteiger partial charge is 0.412 e. The second-order valence-corrected chi connectivity index (χ2v) is 4.73. The third-order valence-corrected chi connectivity index (χ3v) is 2.13. The molecule has 0 unspecified atom stereocenters. The fraction of sp³-hybridized carbons (Fsp3) is 0.444. The molecule has 1 amide bonds. The number of ether oxygens (including phenoxy) is 1. The summed E-state index contributed by atoms with van der Waals surface area (Å²) in [5.74, 6) is 0. The quantitative estimate of drug-likeness (QED) is 0.846. The average Bonchev–Trinajstić information content (AvgIpc) is 2.09. The van der Waals surface area contributed by atoms with Gasteiger partial charge in [-0.2, -0.15) is 5.10 Å². The van der Waals surface area contributed by atoms with Crippen molar-refractivity contribution in [1.29, 1.82) is 0 Å². The average molecular weight is 264 g/mol. The van der Waals surface area contributed by atoms with Crippen molar-refractivity contribution in [2.24, 2.45) is 0 Å². The molecule has 0 bridgehead atoms. The number of nitrogens with zero attached hydrogens (tertiary/aromatic N) is 2. The summed E-state index contributed by atoms with van der Waals surface area (Å²) in [4.78, 5) is 11.4. The van der Waals surface area contributed by atoms with Crippen molar-refractivity contribution < 1.29 is 9.53 Å². The van der Waals surface area contributed by atoms with Gasteiger partial charge in [0.2, 0.25) is 0 Å². The summed E-state index contributed by atoms with van der Waals surface area (Å²) >= 11 is 11.4. The molecule has 0 aliphatic rings. The molecule has 5 nitrogen and oxygen atoms in total. The molecule has 0 aromatic carbocycles. The van der Waals surface area contributed by atoms with E-state index in [-0.39, 0.29) is 15.9 Å². The molecule has 0 saturated heterocycles. The Bertz CT molecular complexity index is 404. The van der Waals surface area contributed by atoms with E-state index in [1.165, 1.54) is 6.20 Å². The van der Waals surface area contributed by atoms with Crippen LogP contribution in [0.15, 0.2) is 6.20 Å². The van der Waals surface area contributed by atoms with Gasteiger partial charge in [-0.1, -0.05) is 23.2 Å². The van der Waals surface area contributed by atoms with Gasteiger partial charge < -0.3 is 4.74 Å². The van der Waals surface area contributed by atoms with Crippen molar-refractivity contribution in [3.63, 3.8) is 0 Å². The molecular weight excluding hydrogens is 253 g/mol.